The van der Waals surface area contributed by atoms with Crippen molar-refractivity contribution in [2.75, 3.05) is 16.2 Å². The van der Waals surface area contributed by atoms with Gasteiger partial charge in [0.2, 0.25) is 5.13 Å². The van der Waals surface area contributed by atoms with Crippen LogP contribution in [0.15, 0.2) is 71.6 Å². The minimum absolute atomic E-state index is 0.147. The van der Waals surface area contributed by atoms with Gasteiger partial charge in [-0.15, -0.1) is 10.2 Å². The molecule has 1 aliphatic heterocycles. The summed E-state index contributed by atoms with van der Waals surface area (Å²) in [5, 5.41) is 12.0. The number of fused-ring (bicyclic) bond motifs is 1. The zero-order valence-electron chi connectivity index (χ0n) is 19.9. The minimum atomic E-state index is -3.94. The molecular weight excluding hydrogens is 496 g/mol. The van der Waals surface area contributed by atoms with Crippen molar-refractivity contribution in [3.8, 4) is 16.3 Å². The topological polar surface area (TPSA) is 101 Å². The average molecular weight is 521 g/mol. The Hall–Kier alpha value is -3.76. The molecule has 0 spiro atoms. The van der Waals surface area contributed by atoms with E-state index in [9.17, 15) is 13.2 Å². The molecule has 0 saturated carbocycles. The smallest absolute Gasteiger partial charge is 0.269 e. The van der Waals surface area contributed by atoms with Crippen LogP contribution in [0.25, 0.3) is 10.6 Å². The number of ether oxygens (including phenoxy) is 1. The summed E-state index contributed by atoms with van der Waals surface area (Å²) in [7, 11) is -3.94. The molecule has 10 heteroatoms. The molecule has 0 bridgehead atoms. The molecule has 184 valence electrons. The standard InChI is InChI=1S/C26H24N4O4S2/c1-16-4-9-19(10-5-16)25-28-29-26(35-25)27-24(31)23-15-30(21-14-18(3)8-13-22(21)34-23)36(32,33)20-11-6-17(2)7-12-20/h4-14,23H,15H2,1-3H3,(H,27,29,31). The highest BCUT2D eigenvalue weighted by molar-refractivity contribution is 7.92. The van der Waals surface area contributed by atoms with E-state index in [0.717, 1.165) is 22.3 Å². The van der Waals surface area contributed by atoms with E-state index in [0.29, 0.717) is 21.6 Å². The van der Waals surface area contributed by atoms with Gasteiger partial charge in [-0.25, -0.2) is 8.42 Å². The van der Waals surface area contributed by atoms with Crippen LogP contribution in [0.2, 0.25) is 0 Å². The number of benzene rings is 3. The Morgan fingerprint density at radius 2 is 1.58 bits per heavy atom. The molecule has 1 atom stereocenters. The maximum atomic E-state index is 13.6. The fourth-order valence-electron chi connectivity index (χ4n) is 3.84. The van der Waals surface area contributed by atoms with Gasteiger partial charge in [-0.05, 0) is 50.6 Å². The van der Waals surface area contributed by atoms with Gasteiger partial charge in [-0.1, -0.05) is 64.9 Å². The predicted molar refractivity (Wildman–Crippen MR) is 140 cm³/mol. The molecule has 1 N–H and O–H groups in total. The number of nitrogens with one attached hydrogen (secondary N) is 1. The summed E-state index contributed by atoms with van der Waals surface area (Å²) in [6.45, 7) is 5.59. The number of aromatic nitrogens is 2. The van der Waals surface area contributed by atoms with E-state index >= 15 is 0 Å². The van der Waals surface area contributed by atoms with Crippen LogP contribution in [0, 0.1) is 20.8 Å². The highest BCUT2D eigenvalue weighted by Crippen LogP contribution is 2.38. The molecule has 1 aromatic heterocycles. The monoisotopic (exact) mass is 520 g/mol. The predicted octanol–water partition coefficient (Wildman–Crippen LogP) is 4.73. The van der Waals surface area contributed by atoms with Crippen LogP contribution in [0.5, 0.6) is 5.75 Å². The van der Waals surface area contributed by atoms with Gasteiger partial charge < -0.3 is 4.74 Å². The van der Waals surface area contributed by atoms with Crippen molar-refractivity contribution in [3.05, 3.63) is 83.4 Å². The van der Waals surface area contributed by atoms with Gasteiger partial charge in [0.15, 0.2) is 6.10 Å². The number of hydrogen-bond donors (Lipinski definition) is 1. The van der Waals surface area contributed by atoms with Gasteiger partial charge >= 0.3 is 0 Å². The SMILES string of the molecule is Cc1ccc(-c2nnc(NC(=O)C3CN(S(=O)(=O)c4ccc(C)cc4)c4cc(C)ccc4O3)s2)cc1. The molecule has 36 heavy (non-hydrogen) atoms. The lowest BCUT2D eigenvalue weighted by Gasteiger charge is -2.34. The second-order valence-electron chi connectivity index (χ2n) is 8.69. The zero-order chi connectivity index (χ0) is 25.4. The first-order valence-corrected chi connectivity index (χ1v) is 13.5. The Morgan fingerprint density at radius 3 is 2.28 bits per heavy atom. The van der Waals surface area contributed by atoms with Crippen molar-refractivity contribution in [1.29, 1.82) is 0 Å². The molecule has 0 aliphatic carbocycles. The fraction of sp³-hybridized carbons (Fsp3) is 0.192. The van der Waals surface area contributed by atoms with Crippen LogP contribution in [-0.2, 0) is 14.8 Å². The Labute approximate surface area is 213 Å². The summed E-state index contributed by atoms with van der Waals surface area (Å²) in [6.07, 6.45) is -1.08. The number of carbonyl (C=O) groups excluding carboxylic acids is 1. The van der Waals surface area contributed by atoms with Gasteiger partial charge in [-0.2, -0.15) is 0 Å². The first kappa shape index (κ1) is 24.0. The van der Waals surface area contributed by atoms with Crippen molar-refractivity contribution in [2.24, 2.45) is 0 Å². The molecular formula is C26H24N4O4S2. The van der Waals surface area contributed by atoms with Crippen LogP contribution in [0.4, 0.5) is 10.8 Å². The molecule has 3 aromatic carbocycles. The number of nitrogens with zero attached hydrogens (tertiary/aromatic N) is 3. The highest BCUT2D eigenvalue weighted by Gasteiger charge is 2.38. The van der Waals surface area contributed by atoms with Gasteiger partial charge in [-0.3, -0.25) is 14.4 Å². The first-order valence-electron chi connectivity index (χ1n) is 11.3. The molecule has 0 fully saturated rings. The third kappa shape index (κ3) is 4.69. The number of anilines is 2. The second kappa shape index (κ2) is 9.36. The third-order valence-electron chi connectivity index (χ3n) is 5.84. The normalized spacial score (nSPS) is 15.2. The summed E-state index contributed by atoms with van der Waals surface area (Å²) in [6, 6.07) is 19.7. The summed E-state index contributed by atoms with van der Waals surface area (Å²) in [5.41, 5.74) is 4.25. The molecule has 4 aromatic rings. The van der Waals surface area contributed by atoms with E-state index in [4.69, 9.17) is 4.74 Å². The van der Waals surface area contributed by atoms with Gasteiger partial charge in [0.1, 0.15) is 10.8 Å². The summed E-state index contributed by atoms with van der Waals surface area (Å²) in [5.74, 6) is -0.183. The maximum Gasteiger partial charge on any atom is 0.269 e. The Bertz CT molecular complexity index is 1530. The lowest BCUT2D eigenvalue weighted by molar-refractivity contribution is -0.122. The summed E-state index contributed by atoms with van der Waals surface area (Å²) < 4.78 is 34.4. The van der Waals surface area contributed by atoms with Gasteiger partial charge in [0, 0.05) is 5.56 Å². The Balaban J connectivity index is 1.42. The molecule has 0 radical (unpaired) electrons. The Kier molecular flexibility index (Phi) is 6.23. The number of rotatable bonds is 5. The second-order valence-corrected chi connectivity index (χ2v) is 11.5. The van der Waals surface area contributed by atoms with E-state index in [-0.39, 0.29) is 11.4 Å². The van der Waals surface area contributed by atoms with Gasteiger partial charge in [0.05, 0.1) is 17.1 Å². The lowest BCUT2D eigenvalue weighted by atomic mass is 10.1. The molecule has 5 rings (SSSR count). The van der Waals surface area contributed by atoms with Crippen molar-refractivity contribution in [1.82, 2.24) is 10.2 Å². The third-order valence-corrected chi connectivity index (χ3v) is 8.52. The number of amides is 1. The lowest BCUT2D eigenvalue weighted by Crippen LogP contribution is -2.48. The molecule has 8 nitrogen and oxygen atoms in total. The van der Waals surface area contributed by atoms with E-state index in [1.165, 1.54) is 15.6 Å². The molecule has 2 heterocycles. The van der Waals surface area contributed by atoms with Crippen LogP contribution in [0.1, 0.15) is 16.7 Å². The van der Waals surface area contributed by atoms with Crippen molar-refractivity contribution in [3.63, 3.8) is 0 Å². The highest BCUT2D eigenvalue weighted by atomic mass is 32.2. The Morgan fingerprint density at radius 1 is 0.944 bits per heavy atom. The maximum absolute atomic E-state index is 13.6. The molecule has 0 saturated heterocycles. The van der Waals surface area contributed by atoms with Crippen molar-refractivity contribution in [2.45, 2.75) is 31.8 Å². The fourth-order valence-corrected chi connectivity index (χ4v) is 6.06. The van der Waals surface area contributed by atoms with E-state index in [2.05, 4.69) is 15.5 Å². The molecule has 1 unspecified atom stereocenters. The van der Waals surface area contributed by atoms with E-state index < -0.39 is 22.0 Å². The largest absolute Gasteiger partial charge is 0.476 e. The quantitative estimate of drug-likeness (QED) is 0.408. The molecule has 1 aliphatic rings. The van der Waals surface area contributed by atoms with Crippen LogP contribution >= 0.6 is 11.3 Å². The average Bonchev–Trinajstić information content (AvgIpc) is 3.32. The van der Waals surface area contributed by atoms with Crippen LogP contribution in [-0.4, -0.2) is 37.2 Å². The number of aryl methyl sites for hydroxylation is 3. The zero-order valence-corrected chi connectivity index (χ0v) is 21.6. The number of sulfonamides is 1. The van der Waals surface area contributed by atoms with Crippen LogP contribution < -0.4 is 14.4 Å². The first-order chi connectivity index (χ1) is 17.2. The molecule has 1 amide bonds. The number of hydrogen-bond acceptors (Lipinski definition) is 7. The van der Waals surface area contributed by atoms with Crippen molar-refractivity contribution >= 4 is 38.1 Å². The van der Waals surface area contributed by atoms with Crippen LogP contribution in [0.3, 0.4) is 0 Å². The van der Waals surface area contributed by atoms with E-state index in [1.54, 1.807) is 36.4 Å². The minimum Gasteiger partial charge on any atom is -0.476 e. The van der Waals surface area contributed by atoms with Gasteiger partial charge in [0.25, 0.3) is 15.9 Å². The van der Waals surface area contributed by atoms with Crippen molar-refractivity contribution < 1.29 is 17.9 Å². The summed E-state index contributed by atoms with van der Waals surface area (Å²) >= 11 is 1.23. The van der Waals surface area contributed by atoms with E-state index in [1.807, 2.05) is 51.1 Å². The summed E-state index contributed by atoms with van der Waals surface area (Å²) in [4.78, 5) is 13.3. The number of carbonyl (C=O) groups is 1.